The molecule has 0 saturated heterocycles. The highest BCUT2D eigenvalue weighted by atomic mass is 32.1. The zero-order valence-corrected chi connectivity index (χ0v) is 16.3. The molecule has 0 bridgehead atoms. The van der Waals surface area contributed by atoms with Gasteiger partial charge >= 0.3 is 6.18 Å². The second-order valence-corrected chi connectivity index (χ2v) is 6.61. The van der Waals surface area contributed by atoms with Gasteiger partial charge in [-0.1, -0.05) is 12.1 Å². The van der Waals surface area contributed by atoms with E-state index in [1.54, 1.807) is 31.2 Å². The minimum Gasteiger partial charge on any atom is -0.492 e. The molecule has 0 radical (unpaired) electrons. The molecule has 4 rings (SSSR count). The molecular weight excluding hydrogens is 419 g/mol. The quantitative estimate of drug-likeness (QED) is 0.452. The van der Waals surface area contributed by atoms with Crippen LogP contribution in [-0.2, 0) is 6.18 Å². The fourth-order valence-corrected chi connectivity index (χ4v) is 3.42. The fraction of sp³-hybridized carbons (Fsp3) is 0.150. The van der Waals surface area contributed by atoms with E-state index in [1.807, 2.05) is 0 Å². The molecule has 0 atom stereocenters. The number of alkyl halides is 3. The van der Waals surface area contributed by atoms with Crippen LogP contribution < -0.4 is 10.3 Å². The van der Waals surface area contributed by atoms with E-state index in [4.69, 9.17) is 21.4 Å². The third kappa shape index (κ3) is 3.39. The van der Waals surface area contributed by atoms with Gasteiger partial charge < -0.3 is 9.15 Å². The third-order valence-electron chi connectivity index (χ3n) is 4.35. The molecule has 0 aliphatic heterocycles. The highest BCUT2D eigenvalue weighted by molar-refractivity contribution is 7.71. The number of para-hydroxylation sites is 2. The molecule has 0 unspecified atom stereocenters. The molecule has 1 N–H and O–H groups in total. The number of aromatic nitrogens is 3. The number of hydrogen-bond donors (Lipinski definition) is 1. The van der Waals surface area contributed by atoms with Gasteiger partial charge in [-0.2, -0.15) is 13.2 Å². The Morgan fingerprint density at radius 2 is 2.00 bits per heavy atom. The summed E-state index contributed by atoms with van der Waals surface area (Å²) < 4.78 is 53.6. The fourth-order valence-electron chi connectivity index (χ4n) is 3.15. The molecule has 30 heavy (non-hydrogen) atoms. The van der Waals surface area contributed by atoms with Gasteiger partial charge in [-0.25, -0.2) is 4.98 Å². The van der Waals surface area contributed by atoms with Crippen LogP contribution in [0.5, 0.6) is 5.75 Å². The largest absolute Gasteiger partial charge is 0.492 e. The normalized spacial score (nSPS) is 11.7. The van der Waals surface area contributed by atoms with Gasteiger partial charge in [0, 0.05) is 0 Å². The first-order valence-electron chi connectivity index (χ1n) is 8.84. The monoisotopic (exact) mass is 433 g/mol. The summed E-state index contributed by atoms with van der Waals surface area (Å²) in [4.78, 5) is 19.2. The lowest BCUT2D eigenvalue weighted by Crippen LogP contribution is -2.20. The number of nitrogens with one attached hydrogen (secondary N) is 1. The van der Waals surface area contributed by atoms with Crippen molar-refractivity contribution in [3.8, 4) is 22.9 Å². The molecule has 0 saturated carbocycles. The van der Waals surface area contributed by atoms with Crippen molar-refractivity contribution in [3.63, 3.8) is 0 Å². The zero-order chi connectivity index (χ0) is 21.5. The summed E-state index contributed by atoms with van der Waals surface area (Å²) in [6, 6.07) is 10.5. The molecule has 0 aliphatic carbocycles. The van der Waals surface area contributed by atoms with Gasteiger partial charge in [0.15, 0.2) is 16.2 Å². The standard InChI is InChI=1S/C20H14F3N3O3S/c1-2-28-15-7-4-3-6-13(15)26-17-16(18(27)25-19(26)30)11(20(21,22)23)10-12(24-17)14-8-5-9-29-14/h3-10H,2H2,1H3,(H,25,27,30). The molecule has 0 fully saturated rings. The maximum Gasteiger partial charge on any atom is 0.417 e. The van der Waals surface area contributed by atoms with E-state index in [-0.39, 0.29) is 21.9 Å². The molecule has 0 amide bonds. The number of rotatable bonds is 4. The first-order valence-corrected chi connectivity index (χ1v) is 9.25. The topological polar surface area (TPSA) is 73.0 Å². The number of halogens is 3. The SMILES string of the molecule is CCOc1ccccc1-n1c(=S)[nH]c(=O)c2c(C(F)(F)F)cc(-c3ccco3)nc21. The van der Waals surface area contributed by atoms with E-state index in [0.717, 1.165) is 6.07 Å². The van der Waals surface area contributed by atoms with Crippen LogP contribution in [0, 0.1) is 4.77 Å². The molecule has 0 spiro atoms. The number of aromatic amines is 1. The lowest BCUT2D eigenvalue weighted by Gasteiger charge is -2.17. The highest BCUT2D eigenvalue weighted by Gasteiger charge is 2.36. The van der Waals surface area contributed by atoms with Crippen molar-refractivity contribution in [2.45, 2.75) is 13.1 Å². The lowest BCUT2D eigenvalue weighted by molar-refractivity contribution is -0.136. The Hall–Kier alpha value is -3.40. The lowest BCUT2D eigenvalue weighted by atomic mass is 10.1. The third-order valence-corrected chi connectivity index (χ3v) is 4.63. The average molecular weight is 433 g/mol. The van der Waals surface area contributed by atoms with Gasteiger partial charge in [0.1, 0.15) is 11.4 Å². The van der Waals surface area contributed by atoms with Crippen molar-refractivity contribution in [3.05, 3.63) is 69.4 Å². The number of furan rings is 1. The summed E-state index contributed by atoms with van der Waals surface area (Å²) in [6.07, 6.45) is -3.49. The summed E-state index contributed by atoms with van der Waals surface area (Å²) in [6.45, 7) is 2.10. The summed E-state index contributed by atoms with van der Waals surface area (Å²) in [5, 5.41) is -0.627. The number of ether oxygens (including phenoxy) is 1. The predicted octanol–water partition coefficient (Wildman–Crippen LogP) is 5.12. The smallest absolute Gasteiger partial charge is 0.417 e. The van der Waals surface area contributed by atoms with Crippen molar-refractivity contribution in [1.29, 1.82) is 0 Å². The van der Waals surface area contributed by atoms with Gasteiger partial charge in [0.2, 0.25) is 0 Å². The first kappa shape index (κ1) is 19.9. The van der Waals surface area contributed by atoms with E-state index < -0.39 is 22.7 Å². The van der Waals surface area contributed by atoms with Crippen molar-refractivity contribution < 1.29 is 22.3 Å². The van der Waals surface area contributed by atoms with Crippen molar-refractivity contribution in [2.24, 2.45) is 0 Å². The summed E-state index contributed by atoms with van der Waals surface area (Å²) in [5.41, 5.74) is -2.11. The van der Waals surface area contributed by atoms with Crippen LogP contribution >= 0.6 is 12.2 Å². The van der Waals surface area contributed by atoms with Gasteiger partial charge in [-0.15, -0.1) is 0 Å². The van der Waals surface area contributed by atoms with Crippen LogP contribution in [0.25, 0.3) is 28.2 Å². The van der Waals surface area contributed by atoms with Crippen LogP contribution in [0.15, 0.2) is 57.9 Å². The van der Waals surface area contributed by atoms with Crippen LogP contribution in [0.2, 0.25) is 0 Å². The Labute approximate surface area is 172 Å². The summed E-state index contributed by atoms with van der Waals surface area (Å²) >= 11 is 5.28. The van der Waals surface area contributed by atoms with Crippen molar-refractivity contribution >= 4 is 23.3 Å². The van der Waals surface area contributed by atoms with Crippen molar-refractivity contribution in [1.82, 2.24) is 14.5 Å². The van der Waals surface area contributed by atoms with Gasteiger partial charge in [-0.3, -0.25) is 14.3 Å². The molecule has 154 valence electrons. The molecule has 10 heteroatoms. The predicted molar refractivity (Wildman–Crippen MR) is 106 cm³/mol. The Bertz CT molecular complexity index is 1340. The molecule has 1 aromatic carbocycles. The highest BCUT2D eigenvalue weighted by Crippen LogP contribution is 2.36. The maximum atomic E-state index is 13.9. The number of fused-ring (bicyclic) bond motifs is 1. The molecule has 3 aromatic heterocycles. The second kappa shape index (κ2) is 7.45. The van der Waals surface area contributed by atoms with Crippen molar-refractivity contribution in [2.75, 3.05) is 6.61 Å². The van der Waals surface area contributed by atoms with Gasteiger partial charge in [0.05, 0.1) is 29.5 Å². The van der Waals surface area contributed by atoms with E-state index in [9.17, 15) is 18.0 Å². The maximum absolute atomic E-state index is 13.9. The Morgan fingerprint density at radius 1 is 1.23 bits per heavy atom. The van der Waals surface area contributed by atoms with Crippen LogP contribution in [0.1, 0.15) is 12.5 Å². The van der Waals surface area contributed by atoms with Crippen LogP contribution in [-0.4, -0.2) is 21.1 Å². The van der Waals surface area contributed by atoms with Gasteiger partial charge in [0.25, 0.3) is 5.56 Å². The van der Waals surface area contributed by atoms with Gasteiger partial charge in [-0.05, 0) is 49.5 Å². The number of hydrogen-bond acceptors (Lipinski definition) is 5. The summed E-state index contributed by atoms with van der Waals surface area (Å²) in [5.74, 6) is 0.501. The molecular formula is C20H14F3N3O3S. The van der Waals surface area contributed by atoms with E-state index in [0.29, 0.717) is 18.0 Å². The average Bonchev–Trinajstić information content (AvgIpc) is 3.22. The molecule has 0 aliphatic rings. The second-order valence-electron chi connectivity index (χ2n) is 6.22. The molecule has 6 nitrogen and oxygen atoms in total. The number of benzene rings is 1. The first-order chi connectivity index (χ1) is 14.3. The van der Waals surface area contributed by atoms with E-state index in [2.05, 4.69) is 9.97 Å². The number of pyridine rings is 1. The minimum atomic E-state index is -4.81. The van der Waals surface area contributed by atoms with Crippen LogP contribution in [0.3, 0.4) is 0 Å². The Kier molecular flexibility index (Phi) is 4.94. The zero-order valence-electron chi connectivity index (χ0n) is 15.5. The van der Waals surface area contributed by atoms with E-state index in [1.165, 1.54) is 23.0 Å². The molecule has 4 aromatic rings. The Balaban J connectivity index is 2.19. The number of nitrogens with zero attached hydrogens (tertiary/aromatic N) is 2. The Morgan fingerprint density at radius 3 is 2.67 bits per heavy atom. The minimum absolute atomic E-state index is 0.0810. The molecule has 3 heterocycles. The van der Waals surface area contributed by atoms with Crippen LogP contribution in [0.4, 0.5) is 13.2 Å². The summed E-state index contributed by atoms with van der Waals surface area (Å²) in [7, 11) is 0. The van der Waals surface area contributed by atoms with E-state index >= 15 is 0 Å². The number of H-pyrrole nitrogens is 1.